The van der Waals surface area contributed by atoms with Gasteiger partial charge in [0.1, 0.15) is 0 Å². The topological polar surface area (TPSA) is 62.3 Å². The molecule has 114 valence electrons. The minimum Gasteiger partial charge on any atom is -0.493 e. The van der Waals surface area contributed by atoms with E-state index in [-0.39, 0.29) is 0 Å². The van der Waals surface area contributed by atoms with Crippen LogP contribution in [0.5, 0.6) is 11.5 Å². The molecular weight excluding hydrogens is 290 g/mol. The van der Waals surface area contributed by atoms with Crippen molar-refractivity contribution in [3.05, 3.63) is 40.7 Å². The van der Waals surface area contributed by atoms with Crippen LogP contribution in [0.2, 0.25) is 5.02 Å². The first kappa shape index (κ1) is 15.7. The van der Waals surface area contributed by atoms with Crippen LogP contribution >= 0.6 is 11.6 Å². The van der Waals surface area contributed by atoms with Crippen LogP contribution in [0.1, 0.15) is 30.6 Å². The highest BCUT2D eigenvalue weighted by Gasteiger charge is 2.23. The first-order valence-corrected chi connectivity index (χ1v) is 7.19. The molecule has 2 N–H and O–H groups in total. The number of para-hydroxylation sites is 1. The fraction of sp³-hybridized carbons (Fsp3) is 0.400. The van der Waals surface area contributed by atoms with Gasteiger partial charge < -0.3 is 15.2 Å². The molecule has 0 saturated heterocycles. The smallest absolute Gasteiger partial charge is 0.165 e. The molecule has 1 aromatic carbocycles. The Kier molecular flexibility index (Phi) is 5.09. The molecule has 0 amide bonds. The highest BCUT2D eigenvalue weighted by atomic mass is 35.5. The van der Waals surface area contributed by atoms with E-state index in [0.717, 1.165) is 24.2 Å². The molecule has 0 spiro atoms. The molecule has 5 nitrogen and oxygen atoms in total. The minimum atomic E-state index is -0.434. The molecule has 21 heavy (non-hydrogen) atoms. The lowest BCUT2D eigenvalue weighted by molar-refractivity contribution is 0.350. The zero-order chi connectivity index (χ0) is 15.4. The highest BCUT2D eigenvalue weighted by Crippen LogP contribution is 2.37. The van der Waals surface area contributed by atoms with Crippen LogP contribution in [-0.2, 0) is 6.54 Å². The molecule has 1 unspecified atom stereocenters. The van der Waals surface area contributed by atoms with Crippen LogP contribution in [0.3, 0.4) is 0 Å². The maximum atomic E-state index is 6.41. The van der Waals surface area contributed by atoms with Crippen molar-refractivity contribution >= 4 is 11.6 Å². The van der Waals surface area contributed by atoms with Crippen LogP contribution in [-0.4, -0.2) is 24.0 Å². The fourth-order valence-electron chi connectivity index (χ4n) is 2.38. The quantitative estimate of drug-likeness (QED) is 0.891. The lowest BCUT2D eigenvalue weighted by atomic mass is 10.0. The van der Waals surface area contributed by atoms with E-state index in [1.54, 1.807) is 20.4 Å². The number of nitrogens with zero attached hydrogens (tertiary/aromatic N) is 2. The number of hydrogen-bond acceptors (Lipinski definition) is 4. The van der Waals surface area contributed by atoms with E-state index in [2.05, 4.69) is 12.0 Å². The summed E-state index contributed by atoms with van der Waals surface area (Å²) in [5, 5.41) is 4.84. The van der Waals surface area contributed by atoms with Crippen molar-refractivity contribution in [3.8, 4) is 11.5 Å². The second-order valence-corrected chi connectivity index (χ2v) is 5.07. The van der Waals surface area contributed by atoms with E-state index in [1.807, 2.05) is 22.9 Å². The first-order valence-electron chi connectivity index (χ1n) is 6.81. The molecule has 0 fully saturated rings. The first-order chi connectivity index (χ1) is 10.1. The van der Waals surface area contributed by atoms with Crippen LogP contribution in [0.15, 0.2) is 24.4 Å². The minimum absolute atomic E-state index is 0.434. The molecule has 0 saturated carbocycles. The van der Waals surface area contributed by atoms with Crippen molar-refractivity contribution in [3.63, 3.8) is 0 Å². The Balaban J connectivity index is 2.50. The zero-order valence-electron chi connectivity index (χ0n) is 12.5. The largest absolute Gasteiger partial charge is 0.493 e. The van der Waals surface area contributed by atoms with Crippen LogP contribution < -0.4 is 15.2 Å². The fourth-order valence-corrected chi connectivity index (χ4v) is 2.63. The summed E-state index contributed by atoms with van der Waals surface area (Å²) >= 11 is 6.26. The third-order valence-electron chi connectivity index (χ3n) is 3.33. The number of ether oxygens (including phenoxy) is 2. The van der Waals surface area contributed by atoms with Gasteiger partial charge in [0.2, 0.25) is 0 Å². The van der Waals surface area contributed by atoms with Crippen molar-refractivity contribution in [2.75, 3.05) is 14.2 Å². The number of nitrogens with two attached hydrogens (primary N) is 1. The van der Waals surface area contributed by atoms with E-state index in [9.17, 15) is 0 Å². The summed E-state index contributed by atoms with van der Waals surface area (Å²) in [7, 11) is 3.19. The molecule has 0 aliphatic heterocycles. The summed E-state index contributed by atoms with van der Waals surface area (Å²) in [5.74, 6) is 1.26. The van der Waals surface area contributed by atoms with Gasteiger partial charge in [-0.3, -0.25) is 4.68 Å². The van der Waals surface area contributed by atoms with Gasteiger partial charge in [0, 0.05) is 12.1 Å². The molecule has 1 aromatic heterocycles. The summed E-state index contributed by atoms with van der Waals surface area (Å²) < 4.78 is 12.6. The van der Waals surface area contributed by atoms with E-state index in [4.69, 9.17) is 26.8 Å². The molecule has 0 bridgehead atoms. The average Bonchev–Trinajstić information content (AvgIpc) is 2.86. The lowest BCUT2D eigenvalue weighted by Crippen LogP contribution is -2.19. The Bertz CT molecular complexity index is 613. The molecular formula is C15H20ClN3O2. The van der Waals surface area contributed by atoms with Crippen molar-refractivity contribution in [2.24, 2.45) is 5.73 Å². The molecule has 1 atom stereocenters. The molecule has 0 aliphatic carbocycles. The number of methoxy groups -OCH3 is 2. The standard InChI is InChI=1S/C15H20ClN3O2/c1-4-8-19-14(11(16)9-18-19)13(17)10-6-5-7-12(20-2)15(10)21-3/h5-7,9,13H,4,8,17H2,1-3H3. The molecule has 1 heterocycles. The SMILES string of the molecule is CCCn1ncc(Cl)c1C(N)c1cccc(OC)c1OC. The number of halogens is 1. The normalized spacial score (nSPS) is 12.2. The third-order valence-corrected chi connectivity index (χ3v) is 3.62. The van der Waals surface area contributed by atoms with E-state index < -0.39 is 6.04 Å². The Morgan fingerprint density at radius 3 is 2.71 bits per heavy atom. The van der Waals surface area contributed by atoms with Gasteiger partial charge in [0.15, 0.2) is 11.5 Å². The van der Waals surface area contributed by atoms with E-state index in [1.165, 1.54) is 0 Å². The molecule has 0 radical (unpaired) electrons. The molecule has 6 heteroatoms. The maximum absolute atomic E-state index is 6.41. The summed E-state index contributed by atoms with van der Waals surface area (Å²) in [4.78, 5) is 0. The van der Waals surface area contributed by atoms with Crippen molar-refractivity contribution < 1.29 is 9.47 Å². The van der Waals surface area contributed by atoms with Crippen LogP contribution in [0, 0.1) is 0 Å². The third kappa shape index (κ3) is 2.99. The summed E-state index contributed by atoms with van der Waals surface area (Å²) in [5.41, 5.74) is 8.01. The number of benzene rings is 1. The second-order valence-electron chi connectivity index (χ2n) is 4.66. The zero-order valence-corrected chi connectivity index (χ0v) is 13.2. The Morgan fingerprint density at radius 2 is 2.10 bits per heavy atom. The monoisotopic (exact) mass is 309 g/mol. The average molecular weight is 310 g/mol. The Labute approximate surface area is 129 Å². The van der Waals surface area contributed by atoms with Crippen molar-refractivity contribution in [1.29, 1.82) is 0 Å². The van der Waals surface area contributed by atoms with Gasteiger partial charge in [-0.25, -0.2) is 0 Å². The van der Waals surface area contributed by atoms with Gasteiger partial charge >= 0.3 is 0 Å². The molecule has 2 rings (SSSR count). The number of aromatic nitrogens is 2. The predicted octanol–water partition coefficient (Wildman–Crippen LogP) is 3.01. The lowest BCUT2D eigenvalue weighted by Gasteiger charge is -2.19. The number of hydrogen-bond donors (Lipinski definition) is 1. The number of rotatable bonds is 6. The Hall–Kier alpha value is -1.72. The van der Waals surface area contributed by atoms with Gasteiger partial charge in [-0.15, -0.1) is 0 Å². The van der Waals surface area contributed by atoms with E-state index in [0.29, 0.717) is 16.5 Å². The van der Waals surface area contributed by atoms with Gasteiger partial charge in [0.05, 0.1) is 37.2 Å². The number of aryl methyl sites for hydroxylation is 1. The van der Waals surface area contributed by atoms with Crippen molar-refractivity contribution in [1.82, 2.24) is 9.78 Å². The van der Waals surface area contributed by atoms with Gasteiger partial charge in [-0.2, -0.15) is 5.10 Å². The maximum Gasteiger partial charge on any atom is 0.165 e. The molecule has 0 aliphatic rings. The van der Waals surface area contributed by atoms with Gasteiger partial charge in [-0.05, 0) is 12.5 Å². The Morgan fingerprint density at radius 1 is 1.33 bits per heavy atom. The summed E-state index contributed by atoms with van der Waals surface area (Å²) in [6.45, 7) is 2.85. The second kappa shape index (κ2) is 6.83. The summed E-state index contributed by atoms with van der Waals surface area (Å²) in [6, 6.07) is 5.19. The van der Waals surface area contributed by atoms with E-state index >= 15 is 0 Å². The van der Waals surface area contributed by atoms with Gasteiger partial charge in [-0.1, -0.05) is 30.7 Å². The van der Waals surface area contributed by atoms with Gasteiger partial charge in [0.25, 0.3) is 0 Å². The predicted molar refractivity (Wildman–Crippen MR) is 83.1 cm³/mol. The summed E-state index contributed by atoms with van der Waals surface area (Å²) in [6.07, 6.45) is 2.58. The van der Waals surface area contributed by atoms with Crippen molar-refractivity contribution in [2.45, 2.75) is 25.9 Å². The molecule has 2 aromatic rings. The highest BCUT2D eigenvalue weighted by molar-refractivity contribution is 6.31. The van der Waals surface area contributed by atoms with Crippen LogP contribution in [0.25, 0.3) is 0 Å². The van der Waals surface area contributed by atoms with Crippen LogP contribution in [0.4, 0.5) is 0 Å².